The Morgan fingerprint density at radius 2 is 0.913 bits per heavy atom. The molecule has 0 spiro atoms. The Hall–Kier alpha value is 0.110. The number of unbranched alkanes of at least 4 members (excludes halogenated alkanes) is 3. The SMILES string of the molecule is CCCCC(OC)P(=O)(C(CCCC)OC)C(CCCC)OC. The van der Waals surface area contributed by atoms with E-state index in [9.17, 15) is 4.57 Å². The molecule has 0 saturated carbocycles. The summed E-state index contributed by atoms with van der Waals surface area (Å²) in [6.07, 6.45) is 8.66. The molecule has 0 rings (SSSR count). The van der Waals surface area contributed by atoms with Gasteiger partial charge in [-0.25, -0.2) is 0 Å². The lowest BCUT2D eigenvalue weighted by molar-refractivity contribution is 0.0901. The van der Waals surface area contributed by atoms with Crippen LogP contribution in [0.25, 0.3) is 0 Å². The van der Waals surface area contributed by atoms with Crippen LogP contribution in [0.5, 0.6) is 0 Å². The Kier molecular flexibility index (Phi) is 13.5. The second-order valence-electron chi connectivity index (χ2n) is 6.26. The lowest BCUT2D eigenvalue weighted by atomic mass is 10.2. The summed E-state index contributed by atoms with van der Waals surface area (Å²) in [6.45, 7) is 6.44. The van der Waals surface area contributed by atoms with E-state index in [-0.39, 0.29) is 17.5 Å². The molecule has 0 aliphatic heterocycles. The van der Waals surface area contributed by atoms with Gasteiger partial charge in [0.25, 0.3) is 0 Å². The van der Waals surface area contributed by atoms with Gasteiger partial charge in [0.1, 0.15) is 17.5 Å². The van der Waals surface area contributed by atoms with E-state index in [1.54, 1.807) is 21.3 Å². The largest absolute Gasteiger partial charge is 0.374 e. The molecular formula is C18H39O4P. The van der Waals surface area contributed by atoms with Crippen molar-refractivity contribution in [1.82, 2.24) is 0 Å². The van der Waals surface area contributed by atoms with Crippen molar-refractivity contribution in [1.29, 1.82) is 0 Å². The summed E-state index contributed by atoms with van der Waals surface area (Å²) in [4.78, 5) is 0. The number of hydrogen-bond acceptors (Lipinski definition) is 4. The van der Waals surface area contributed by atoms with Crippen molar-refractivity contribution in [3.05, 3.63) is 0 Å². The van der Waals surface area contributed by atoms with Gasteiger partial charge in [-0.3, -0.25) is 0 Å². The Morgan fingerprint density at radius 1 is 0.652 bits per heavy atom. The molecule has 0 saturated heterocycles. The van der Waals surface area contributed by atoms with Crippen LogP contribution in [0.1, 0.15) is 78.6 Å². The van der Waals surface area contributed by atoms with E-state index in [0.29, 0.717) is 0 Å². The molecule has 0 N–H and O–H groups in total. The predicted octanol–water partition coefficient (Wildman–Crippen LogP) is 5.84. The summed E-state index contributed by atoms with van der Waals surface area (Å²) in [5.74, 6) is -0.816. The van der Waals surface area contributed by atoms with Gasteiger partial charge in [-0.2, -0.15) is 0 Å². The van der Waals surface area contributed by atoms with Crippen molar-refractivity contribution in [3.63, 3.8) is 0 Å². The van der Waals surface area contributed by atoms with Crippen LogP contribution in [-0.4, -0.2) is 38.9 Å². The number of hydrogen-bond donors (Lipinski definition) is 0. The Morgan fingerprint density at radius 3 is 1.09 bits per heavy atom. The van der Waals surface area contributed by atoms with Gasteiger partial charge < -0.3 is 18.8 Å². The molecule has 0 aromatic rings. The third-order valence-electron chi connectivity index (χ3n) is 4.58. The van der Waals surface area contributed by atoms with Crippen LogP contribution < -0.4 is 0 Å². The van der Waals surface area contributed by atoms with Crippen molar-refractivity contribution in [2.24, 2.45) is 0 Å². The highest BCUT2D eigenvalue weighted by Crippen LogP contribution is 2.63. The second kappa shape index (κ2) is 13.4. The molecule has 3 atom stereocenters. The second-order valence-corrected chi connectivity index (χ2v) is 9.52. The van der Waals surface area contributed by atoms with Crippen LogP contribution in [-0.2, 0) is 18.8 Å². The average molecular weight is 350 g/mol. The van der Waals surface area contributed by atoms with Gasteiger partial charge in [-0.1, -0.05) is 59.3 Å². The highest BCUT2D eigenvalue weighted by molar-refractivity contribution is 7.65. The Labute approximate surface area is 144 Å². The topological polar surface area (TPSA) is 44.8 Å². The molecule has 23 heavy (non-hydrogen) atoms. The molecule has 0 amide bonds. The molecule has 0 fully saturated rings. The highest BCUT2D eigenvalue weighted by Gasteiger charge is 2.47. The number of rotatable bonds is 15. The normalized spacial score (nSPS) is 18.3. The van der Waals surface area contributed by atoms with E-state index in [4.69, 9.17) is 14.2 Å². The van der Waals surface area contributed by atoms with Crippen molar-refractivity contribution >= 4 is 7.14 Å². The molecule has 5 heteroatoms. The zero-order valence-corrected chi connectivity index (χ0v) is 17.1. The zero-order chi connectivity index (χ0) is 17.7. The first kappa shape index (κ1) is 23.1. The van der Waals surface area contributed by atoms with Crippen LogP contribution in [0.2, 0.25) is 0 Å². The fraction of sp³-hybridized carbons (Fsp3) is 1.00. The minimum absolute atomic E-state index is 0.272. The van der Waals surface area contributed by atoms with E-state index in [1.807, 2.05) is 0 Å². The first-order valence-corrected chi connectivity index (χ1v) is 11.1. The van der Waals surface area contributed by atoms with Crippen LogP contribution in [0.15, 0.2) is 0 Å². The van der Waals surface area contributed by atoms with Gasteiger partial charge in [-0.05, 0) is 19.3 Å². The number of ether oxygens (including phenoxy) is 3. The Bertz CT molecular complexity index is 275. The summed E-state index contributed by atoms with van der Waals surface area (Å²) in [6, 6.07) is 0. The summed E-state index contributed by atoms with van der Waals surface area (Å²) in [5.41, 5.74) is 0. The standard InChI is InChI=1S/C18H39O4P/c1-7-10-13-16(20-4)23(19,17(21-5)14-11-8-2)18(22-6)15-12-9-3/h16-18H,7-15H2,1-6H3. The van der Waals surface area contributed by atoms with Gasteiger partial charge in [-0.15, -0.1) is 0 Å². The van der Waals surface area contributed by atoms with Crippen LogP contribution in [0, 0.1) is 0 Å². The molecule has 0 aliphatic carbocycles. The van der Waals surface area contributed by atoms with Crippen LogP contribution in [0.3, 0.4) is 0 Å². The molecular weight excluding hydrogens is 311 g/mol. The summed E-state index contributed by atoms with van der Waals surface area (Å²) >= 11 is 0. The fourth-order valence-corrected chi connectivity index (χ4v) is 7.01. The molecule has 0 aromatic heterocycles. The smallest absolute Gasteiger partial charge is 0.169 e. The van der Waals surface area contributed by atoms with Gasteiger partial charge in [0, 0.05) is 21.3 Å². The summed E-state index contributed by atoms with van der Waals surface area (Å²) in [5, 5.41) is 0. The molecule has 0 aromatic carbocycles. The van der Waals surface area contributed by atoms with Gasteiger partial charge >= 0.3 is 0 Å². The molecule has 140 valence electrons. The first-order chi connectivity index (χ1) is 11.1. The minimum atomic E-state index is -2.81. The van der Waals surface area contributed by atoms with E-state index < -0.39 is 7.14 Å². The highest BCUT2D eigenvalue weighted by atomic mass is 31.2. The van der Waals surface area contributed by atoms with E-state index in [2.05, 4.69) is 20.8 Å². The summed E-state index contributed by atoms with van der Waals surface area (Å²) < 4.78 is 31.3. The van der Waals surface area contributed by atoms with E-state index in [1.165, 1.54) is 0 Å². The third kappa shape index (κ3) is 6.86. The van der Waals surface area contributed by atoms with Crippen molar-refractivity contribution in [2.45, 2.75) is 96.1 Å². The maximum atomic E-state index is 14.1. The van der Waals surface area contributed by atoms with Crippen LogP contribution >= 0.6 is 7.14 Å². The Balaban J connectivity index is 5.54. The fourth-order valence-electron chi connectivity index (χ4n) is 3.15. The lowest BCUT2D eigenvalue weighted by Gasteiger charge is -2.37. The molecule has 4 nitrogen and oxygen atoms in total. The molecule has 0 heterocycles. The summed E-state index contributed by atoms with van der Waals surface area (Å²) in [7, 11) is 2.21. The monoisotopic (exact) mass is 350 g/mol. The quantitative estimate of drug-likeness (QED) is 0.348. The average Bonchev–Trinajstić information content (AvgIpc) is 2.56. The molecule has 0 bridgehead atoms. The maximum absolute atomic E-state index is 14.1. The predicted molar refractivity (Wildman–Crippen MR) is 98.6 cm³/mol. The first-order valence-electron chi connectivity index (χ1n) is 9.24. The van der Waals surface area contributed by atoms with E-state index >= 15 is 0 Å². The molecule has 0 aliphatic rings. The van der Waals surface area contributed by atoms with Crippen LogP contribution in [0.4, 0.5) is 0 Å². The minimum Gasteiger partial charge on any atom is -0.374 e. The zero-order valence-electron chi connectivity index (χ0n) is 16.2. The maximum Gasteiger partial charge on any atom is 0.169 e. The van der Waals surface area contributed by atoms with Gasteiger partial charge in [0.15, 0.2) is 7.14 Å². The third-order valence-corrected chi connectivity index (χ3v) is 8.69. The lowest BCUT2D eigenvalue weighted by Crippen LogP contribution is -2.31. The van der Waals surface area contributed by atoms with E-state index in [0.717, 1.165) is 57.8 Å². The van der Waals surface area contributed by atoms with Gasteiger partial charge in [0.2, 0.25) is 0 Å². The molecule has 3 unspecified atom stereocenters. The van der Waals surface area contributed by atoms with Gasteiger partial charge in [0.05, 0.1) is 0 Å². The van der Waals surface area contributed by atoms with Crippen molar-refractivity contribution < 1.29 is 18.8 Å². The number of methoxy groups -OCH3 is 3. The van der Waals surface area contributed by atoms with Crippen molar-refractivity contribution in [2.75, 3.05) is 21.3 Å². The van der Waals surface area contributed by atoms with Crippen molar-refractivity contribution in [3.8, 4) is 0 Å². The molecule has 0 radical (unpaired) electrons.